The van der Waals surface area contributed by atoms with E-state index in [1.807, 2.05) is 4.90 Å². The summed E-state index contributed by atoms with van der Waals surface area (Å²) in [4.78, 5) is 18.8. The van der Waals surface area contributed by atoms with Crippen LogP contribution in [-0.2, 0) is 0 Å². The number of hydrogen-bond acceptors (Lipinski definition) is 3. The maximum absolute atomic E-state index is 12.6. The van der Waals surface area contributed by atoms with Crippen molar-refractivity contribution in [1.29, 1.82) is 0 Å². The van der Waals surface area contributed by atoms with E-state index in [9.17, 15) is 4.79 Å². The Hall–Kier alpha value is -1.29. The highest BCUT2D eigenvalue weighted by Crippen LogP contribution is 2.30. The summed E-state index contributed by atoms with van der Waals surface area (Å²) < 4.78 is 0. The number of nitrogens with zero attached hydrogens (tertiary/aromatic N) is 2. The summed E-state index contributed by atoms with van der Waals surface area (Å²) in [6.45, 7) is 6.07. The fourth-order valence-corrected chi connectivity index (χ4v) is 2.69. The number of amides is 1. The first-order chi connectivity index (χ1) is 9.43. The number of pyridine rings is 1. The van der Waals surface area contributed by atoms with E-state index in [2.05, 4.69) is 24.1 Å². The molecule has 110 valence electrons. The first-order valence-electron chi connectivity index (χ1n) is 7.06. The molecular weight excluding hydrogens is 274 g/mol. The second-order valence-electron chi connectivity index (χ2n) is 6.09. The number of anilines is 1. The molecule has 0 spiro atoms. The molecule has 1 N–H and O–H groups in total. The maximum atomic E-state index is 12.6. The smallest absolute Gasteiger partial charge is 0.274 e. The van der Waals surface area contributed by atoms with Gasteiger partial charge in [-0.05, 0) is 36.8 Å². The van der Waals surface area contributed by atoms with Crippen LogP contribution in [0.5, 0.6) is 0 Å². The van der Waals surface area contributed by atoms with Crippen LogP contribution in [-0.4, -0.2) is 35.9 Å². The summed E-state index contributed by atoms with van der Waals surface area (Å²) in [5, 5.41) is 3.35. The molecule has 0 atom stereocenters. The fourth-order valence-electron chi connectivity index (χ4n) is 2.51. The van der Waals surface area contributed by atoms with E-state index >= 15 is 0 Å². The van der Waals surface area contributed by atoms with E-state index in [4.69, 9.17) is 11.6 Å². The SMILES string of the molecule is CNc1ccc(Cl)c(C(=O)N2CCCC(C)(C)CC2)n1. The molecule has 0 bridgehead atoms. The van der Waals surface area contributed by atoms with Crippen LogP contribution in [0.1, 0.15) is 43.6 Å². The molecule has 0 radical (unpaired) electrons. The number of carbonyl (C=O) groups excluding carboxylic acids is 1. The average Bonchev–Trinajstić information content (AvgIpc) is 2.59. The lowest BCUT2D eigenvalue weighted by atomic mass is 9.85. The molecule has 2 rings (SSSR count). The highest BCUT2D eigenvalue weighted by molar-refractivity contribution is 6.33. The van der Waals surface area contributed by atoms with Crippen molar-refractivity contribution in [3.05, 3.63) is 22.8 Å². The summed E-state index contributed by atoms with van der Waals surface area (Å²) in [5.41, 5.74) is 0.650. The average molecular weight is 296 g/mol. The van der Waals surface area contributed by atoms with Gasteiger partial charge in [-0.15, -0.1) is 0 Å². The van der Waals surface area contributed by atoms with Gasteiger partial charge >= 0.3 is 0 Å². The minimum Gasteiger partial charge on any atom is -0.373 e. The van der Waals surface area contributed by atoms with Gasteiger partial charge in [-0.3, -0.25) is 4.79 Å². The van der Waals surface area contributed by atoms with Crippen LogP contribution in [0, 0.1) is 5.41 Å². The molecule has 4 nitrogen and oxygen atoms in total. The molecule has 1 aromatic heterocycles. The third-order valence-electron chi connectivity index (χ3n) is 3.93. The van der Waals surface area contributed by atoms with Gasteiger partial charge in [0.1, 0.15) is 11.5 Å². The van der Waals surface area contributed by atoms with Crippen molar-refractivity contribution in [1.82, 2.24) is 9.88 Å². The Kier molecular flexibility index (Phi) is 4.53. The molecule has 1 saturated heterocycles. The van der Waals surface area contributed by atoms with Crippen molar-refractivity contribution >= 4 is 23.3 Å². The Balaban J connectivity index is 2.18. The molecule has 0 unspecified atom stereocenters. The van der Waals surface area contributed by atoms with E-state index in [-0.39, 0.29) is 5.91 Å². The van der Waals surface area contributed by atoms with Crippen LogP contribution in [0.2, 0.25) is 5.02 Å². The third-order valence-corrected chi connectivity index (χ3v) is 4.24. The fraction of sp³-hybridized carbons (Fsp3) is 0.600. The molecule has 0 aromatic carbocycles. The monoisotopic (exact) mass is 295 g/mol. The Morgan fingerprint density at radius 3 is 2.80 bits per heavy atom. The Morgan fingerprint density at radius 1 is 1.35 bits per heavy atom. The van der Waals surface area contributed by atoms with E-state index in [0.29, 0.717) is 21.9 Å². The lowest BCUT2D eigenvalue weighted by Gasteiger charge is -2.23. The van der Waals surface area contributed by atoms with Gasteiger partial charge in [-0.2, -0.15) is 0 Å². The van der Waals surface area contributed by atoms with Crippen LogP contribution >= 0.6 is 11.6 Å². The first-order valence-corrected chi connectivity index (χ1v) is 7.44. The van der Waals surface area contributed by atoms with Gasteiger partial charge in [-0.1, -0.05) is 25.4 Å². The molecular formula is C15H22ClN3O. The summed E-state index contributed by atoms with van der Waals surface area (Å²) in [6.07, 6.45) is 3.19. The zero-order valence-electron chi connectivity index (χ0n) is 12.4. The molecule has 2 heterocycles. The van der Waals surface area contributed by atoms with Crippen molar-refractivity contribution in [2.75, 3.05) is 25.5 Å². The van der Waals surface area contributed by atoms with Gasteiger partial charge in [0, 0.05) is 20.1 Å². The second-order valence-corrected chi connectivity index (χ2v) is 6.49. The highest BCUT2D eigenvalue weighted by Gasteiger charge is 2.27. The standard InChI is InChI=1S/C15H22ClN3O/c1-15(2)7-4-9-19(10-8-15)14(20)13-11(16)5-6-12(17-3)18-13/h5-6H,4,7-10H2,1-3H3,(H,17,18). The zero-order chi connectivity index (χ0) is 14.8. The molecule has 1 aromatic rings. The topological polar surface area (TPSA) is 45.2 Å². The highest BCUT2D eigenvalue weighted by atomic mass is 35.5. The largest absolute Gasteiger partial charge is 0.373 e. The van der Waals surface area contributed by atoms with Crippen molar-refractivity contribution in [3.8, 4) is 0 Å². The van der Waals surface area contributed by atoms with Crippen molar-refractivity contribution < 1.29 is 4.79 Å². The lowest BCUT2D eigenvalue weighted by Crippen LogP contribution is -2.33. The van der Waals surface area contributed by atoms with E-state index in [0.717, 1.165) is 32.4 Å². The Morgan fingerprint density at radius 2 is 2.10 bits per heavy atom. The van der Waals surface area contributed by atoms with Gasteiger partial charge < -0.3 is 10.2 Å². The van der Waals surface area contributed by atoms with Crippen LogP contribution in [0.15, 0.2) is 12.1 Å². The van der Waals surface area contributed by atoms with E-state index in [1.165, 1.54) is 0 Å². The number of likely N-dealkylation sites (tertiary alicyclic amines) is 1. The number of hydrogen-bond donors (Lipinski definition) is 1. The van der Waals surface area contributed by atoms with Crippen LogP contribution in [0.4, 0.5) is 5.82 Å². The summed E-state index contributed by atoms with van der Waals surface area (Å²) in [6, 6.07) is 3.49. The molecule has 1 aliphatic heterocycles. The van der Waals surface area contributed by atoms with Gasteiger partial charge in [0.25, 0.3) is 5.91 Å². The predicted molar refractivity (Wildman–Crippen MR) is 82.3 cm³/mol. The second kappa shape index (κ2) is 6.00. The zero-order valence-corrected chi connectivity index (χ0v) is 13.1. The number of nitrogens with one attached hydrogen (secondary N) is 1. The molecule has 1 fully saturated rings. The number of rotatable bonds is 2. The molecule has 1 aliphatic rings. The molecule has 0 saturated carbocycles. The summed E-state index contributed by atoms with van der Waals surface area (Å²) >= 11 is 6.13. The van der Waals surface area contributed by atoms with Gasteiger partial charge in [0.05, 0.1) is 5.02 Å². The lowest BCUT2D eigenvalue weighted by molar-refractivity contribution is 0.0752. The minimum absolute atomic E-state index is 0.0650. The Labute approximate surface area is 125 Å². The third kappa shape index (κ3) is 3.42. The van der Waals surface area contributed by atoms with Gasteiger partial charge in [-0.25, -0.2) is 4.98 Å². The normalized spacial score (nSPS) is 18.5. The summed E-state index contributed by atoms with van der Waals surface area (Å²) in [5.74, 6) is 0.595. The van der Waals surface area contributed by atoms with Crippen molar-refractivity contribution in [2.45, 2.75) is 33.1 Å². The first kappa shape index (κ1) is 15.1. The molecule has 1 amide bonds. The Bertz CT molecular complexity index is 502. The molecule has 20 heavy (non-hydrogen) atoms. The van der Waals surface area contributed by atoms with Crippen LogP contribution in [0.3, 0.4) is 0 Å². The van der Waals surface area contributed by atoms with Gasteiger partial charge in [0.15, 0.2) is 0 Å². The van der Waals surface area contributed by atoms with Crippen molar-refractivity contribution in [3.63, 3.8) is 0 Å². The van der Waals surface area contributed by atoms with Gasteiger partial charge in [0.2, 0.25) is 0 Å². The molecule has 0 aliphatic carbocycles. The van der Waals surface area contributed by atoms with Crippen LogP contribution < -0.4 is 5.32 Å². The van der Waals surface area contributed by atoms with E-state index < -0.39 is 0 Å². The maximum Gasteiger partial charge on any atom is 0.274 e. The number of carbonyl (C=O) groups is 1. The number of aromatic nitrogens is 1. The molecule has 5 heteroatoms. The van der Waals surface area contributed by atoms with Crippen LogP contribution in [0.25, 0.3) is 0 Å². The minimum atomic E-state index is -0.0650. The summed E-state index contributed by atoms with van der Waals surface area (Å²) in [7, 11) is 1.78. The van der Waals surface area contributed by atoms with E-state index in [1.54, 1.807) is 19.2 Å². The number of halogens is 1. The predicted octanol–water partition coefficient (Wildman–Crippen LogP) is 3.43. The van der Waals surface area contributed by atoms with Crippen molar-refractivity contribution in [2.24, 2.45) is 5.41 Å². The quantitative estimate of drug-likeness (QED) is 0.909.